The van der Waals surface area contributed by atoms with Gasteiger partial charge in [0.05, 0.1) is 11.0 Å². The minimum Gasteiger partial charge on any atom is -0.476 e. The van der Waals surface area contributed by atoms with Gasteiger partial charge in [0.1, 0.15) is 5.54 Å². The molecule has 24 heavy (non-hydrogen) atoms. The van der Waals surface area contributed by atoms with Gasteiger partial charge in [-0.1, -0.05) is 11.6 Å². The van der Waals surface area contributed by atoms with E-state index in [9.17, 15) is 19.2 Å². The molecule has 1 aromatic carbocycles. The largest absolute Gasteiger partial charge is 0.476 e. The highest BCUT2D eigenvalue weighted by Gasteiger charge is 2.50. The number of hydrogen-bond acceptors (Lipinski definition) is 5. The summed E-state index contributed by atoms with van der Waals surface area (Å²) in [5, 5.41) is 14.1. The molecule has 1 fully saturated rings. The van der Waals surface area contributed by atoms with Gasteiger partial charge >= 0.3 is 12.0 Å². The molecule has 3 heterocycles. The van der Waals surface area contributed by atoms with Crippen LogP contribution in [0.4, 0.5) is 4.79 Å². The topological polar surface area (TPSA) is 130 Å². The summed E-state index contributed by atoms with van der Waals surface area (Å²) in [4.78, 5) is 51.4. The molecule has 1 atom stereocenters. The van der Waals surface area contributed by atoms with Crippen LogP contribution in [0.5, 0.6) is 0 Å². The maximum Gasteiger partial charge on any atom is 0.360 e. The van der Waals surface area contributed by atoms with Crippen molar-refractivity contribution < 1.29 is 19.5 Å². The molecule has 4 rings (SSSR count). The lowest BCUT2D eigenvalue weighted by atomic mass is 9.83. The molecule has 2 aliphatic rings. The number of carbonyl (C=O) groups is 3. The smallest absolute Gasteiger partial charge is 0.360 e. The standard InChI is InChI=1S/C14H9ClN4O5/c15-5-3-6-9-7(4-5)16-8(11(21)22)10(20)19(9)2-1-14(6)12(23)17-13(24)18-14/h3-4H,1-2H2,(H,21,22)(H2,17,18,23,24). The number of hydrogen-bond donors (Lipinski definition) is 3. The zero-order valence-electron chi connectivity index (χ0n) is 11.9. The summed E-state index contributed by atoms with van der Waals surface area (Å²) in [7, 11) is 0. The molecule has 9 nitrogen and oxygen atoms in total. The number of fused-ring (bicyclic) bond motifs is 1. The average Bonchev–Trinajstić information content (AvgIpc) is 2.79. The molecule has 2 aromatic rings. The molecule has 1 unspecified atom stereocenters. The molecule has 0 saturated carbocycles. The van der Waals surface area contributed by atoms with E-state index < -0.39 is 34.7 Å². The SMILES string of the molecule is O=C1NC(=O)C2(CCn3c(=O)c(C(=O)O)nc4cc(Cl)cc2c43)N1. The van der Waals surface area contributed by atoms with Crippen LogP contribution in [-0.4, -0.2) is 32.6 Å². The van der Waals surface area contributed by atoms with Crippen LogP contribution in [0.2, 0.25) is 5.02 Å². The number of carboxylic acid groups (broad SMARTS) is 1. The van der Waals surface area contributed by atoms with Gasteiger partial charge in [0.15, 0.2) is 0 Å². The van der Waals surface area contributed by atoms with Crippen molar-refractivity contribution in [2.45, 2.75) is 18.5 Å². The van der Waals surface area contributed by atoms with E-state index in [1.807, 2.05) is 0 Å². The van der Waals surface area contributed by atoms with Gasteiger partial charge in [0, 0.05) is 23.6 Å². The average molecular weight is 349 g/mol. The van der Waals surface area contributed by atoms with Crippen LogP contribution >= 0.6 is 11.6 Å². The molecule has 0 aliphatic carbocycles. The minimum absolute atomic E-state index is 0.0560. The molecular formula is C14H9ClN4O5. The monoisotopic (exact) mass is 348 g/mol. The molecule has 0 radical (unpaired) electrons. The van der Waals surface area contributed by atoms with E-state index in [2.05, 4.69) is 15.6 Å². The first-order chi connectivity index (χ1) is 11.3. The number of urea groups is 1. The predicted molar refractivity (Wildman–Crippen MR) is 80.9 cm³/mol. The lowest BCUT2D eigenvalue weighted by Gasteiger charge is -2.33. The number of rotatable bonds is 1. The molecule has 3 N–H and O–H groups in total. The number of carboxylic acids is 1. The van der Waals surface area contributed by atoms with Crippen LogP contribution < -0.4 is 16.2 Å². The summed E-state index contributed by atoms with van der Waals surface area (Å²) >= 11 is 6.08. The van der Waals surface area contributed by atoms with Gasteiger partial charge < -0.3 is 15.0 Å². The van der Waals surface area contributed by atoms with Crippen molar-refractivity contribution in [2.75, 3.05) is 0 Å². The minimum atomic E-state index is -1.45. The van der Waals surface area contributed by atoms with Gasteiger partial charge in [-0.15, -0.1) is 0 Å². The molecular weight excluding hydrogens is 340 g/mol. The van der Waals surface area contributed by atoms with E-state index in [0.29, 0.717) is 5.56 Å². The molecule has 2 aliphatic heterocycles. The fourth-order valence-corrected chi connectivity index (χ4v) is 3.51. The number of nitrogens with zero attached hydrogens (tertiary/aromatic N) is 2. The lowest BCUT2D eigenvalue weighted by molar-refractivity contribution is -0.124. The first-order valence-electron chi connectivity index (χ1n) is 6.95. The van der Waals surface area contributed by atoms with Crippen LogP contribution in [0.3, 0.4) is 0 Å². The second-order valence-electron chi connectivity index (χ2n) is 5.61. The summed E-state index contributed by atoms with van der Waals surface area (Å²) in [5.41, 5.74) is -1.95. The lowest BCUT2D eigenvalue weighted by Crippen LogP contribution is -2.48. The number of imide groups is 1. The number of carbonyl (C=O) groups excluding carboxylic acids is 2. The van der Waals surface area contributed by atoms with Gasteiger partial charge in [0.25, 0.3) is 11.5 Å². The van der Waals surface area contributed by atoms with Crippen molar-refractivity contribution in [1.29, 1.82) is 0 Å². The highest BCUT2D eigenvalue weighted by Crippen LogP contribution is 2.38. The number of aromatic carboxylic acids is 1. The van der Waals surface area contributed by atoms with Gasteiger partial charge in [-0.2, -0.15) is 0 Å². The van der Waals surface area contributed by atoms with Gasteiger partial charge in [-0.25, -0.2) is 14.6 Å². The van der Waals surface area contributed by atoms with E-state index in [0.717, 1.165) is 0 Å². The highest BCUT2D eigenvalue weighted by atomic mass is 35.5. The summed E-state index contributed by atoms with van der Waals surface area (Å²) in [5.74, 6) is -1.99. The first kappa shape index (κ1) is 14.6. The van der Waals surface area contributed by atoms with Crippen LogP contribution in [0, 0.1) is 0 Å². The molecule has 1 aromatic heterocycles. The van der Waals surface area contributed by atoms with Gasteiger partial charge in [0.2, 0.25) is 5.69 Å². The van der Waals surface area contributed by atoms with Crippen LogP contribution in [0.1, 0.15) is 22.5 Å². The fourth-order valence-electron chi connectivity index (χ4n) is 3.30. The third kappa shape index (κ3) is 1.72. The molecule has 10 heteroatoms. The Morgan fingerprint density at radius 2 is 2.08 bits per heavy atom. The molecule has 1 saturated heterocycles. The Morgan fingerprint density at radius 1 is 1.33 bits per heavy atom. The number of benzene rings is 1. The number of amides is 3. The maximum atomic E-state index is 12.4. The number of halogens is 1. The van der Waals surface area contributed by atoms with Crippen molar-refractivity contribution in [3.8, 4) is 0 Å². The maximum absolute atomic E-state index is 12.4. The van der Waals surface area contributed by atoms with Gasteiger partial charge in [-0.3, -0.25) is 14.9 Å². The number of aryl methyl sites for hydroxylation is 1. The first-order valence-corrected chi connectivity index (χ1v) is 7.33. The zero-order chi connectivity index (χ0) is 17.2. The quantitative estimate of drug-likeness (QED) is 0.630. The third-order valence-corrected chi connectivity index (χ3v) is 4.54. The van der Waals surface area contributed by atoms with E-state index >= 15 is 0 Å². The zero-order valence-corrected chi connectivity index (χ0v) is 12.7. The Kier molecular flexibility index (Phi) is 2.77. The third-order valence-electron chi connectivity index (χ3n) is 4.32. The summed E-state index contributed by atoms with van der Waals surface area (Å²) in [6.45, 7) is 0.0560. The van der Waals surface area contributed by atoms with Gasteiger partial charge in [-0.05, 0) is 12.1 Å². The van der Waals surface area contributed by atoms with Crippen molar-refractivity contribution in [3.63, 3.8) is 0 Å². The Balaban J connectivity index is 2.14. The number of nitrogens with one attached hydrogen (secondary N) is 2. The predicted octanol–water partition coefficient (Wildman–Crippen LogP) is 0.187. The summed E-state index contributed by atoms with van der Waals surface area (Å²) in [6, 6.07) is 2.25. The normalized spacial score (nSPS) is 21.9. The van der Waals surface area contributed by atoms with Crippen molar-refractivity contribution in [2.24, 2.45) is 0 Å². The van der Waals surface area contributed by atoms with Crippen molar-refractivity contribution in [3.05, 3.63) is 38.8 Å². The van der Waals surface area contributed by atoms with Crippen molar-refractivity contribution >= 4 is 40.5 Å². The Morgan fingerprint density at radius 3 is 2.71 bits per heavy atom. The van der Waals surface area contributed by atoms with E-state index in [4.69, 9.17) is 16.7 Å². The molecule has 0 bridgehead atoms. The molecule has 122 valence electrons. The molecule has 1 spiro atoms. The van der Waals surface area contributed by atoms with E-state index in [1.54, 1.807) is 0 Å². The fraction of sp³-hybridized carbons (Fsp3) is 0.214. The van der Waals surface area contributed by atoms with E-state index in [1.165, 1.54) is 16.7 Å². The second-order valence-corrected chi connectivity index (χ2v) is 6.04. The Labute approximate surface area is 138 Å². The molecule has 3 amide bonds. The second kappa shape index (κ2) is 4.54. The Hall–Kier alpha value is -2.94. The van der Waals surface area contributed by atoms with E-state index in [-0.39, 0.29) is 29.0 Å². The Bertz CT molecular complexity index is 1030. The van der Waals surface area contributed by atoms with Crippen molar-refractivity contribution in [1.82, 2.24) is 20.2 Å². The summed E-state index contributed by atoms with van der Waals surface area (Å²) in [6.07, 6.45) is 0.0932. The van der Waals surface area contributed by atoms with Crippen LogP contribution in [0.25, 0.3) is 11.0 Å². The summed E-state index contributed by atoms with van der Waals surface area (Å²) < 4.78 is 1.25. The van der Waals surface area contributed by atoms with Crippen LogP contribution in [-0.2, 0) is 16.9 Å². The number of aromatic nitrogens is 2. The highest BCUT2D eigenvalue weighted by molar-refractivity contribution is 6.31. The van der Waals surface area contributed by atoms with Crippen LogP contribution in [0.15, 0.2) is 16.9 Å².